The minimum atomic E-state index is -4.48. The Morgan fingerprint density at radius 1 is 1.18 bits per heavy atom. The standard InChI is InChI=1S/C27H29ClF3N5O2/c1-16-33-34-24(36(16)15-17-6-9-19(28)10-7-17)22-5-4-12-35(22)25(37)32-21-14-26(2,3)38-23-13-18(27(29,30)31)8-11-20(21)23/h6-11,13,21-22H,4-5,12,14-15H2,1-3H3,(H,32,37)/t21-,22+/m0/s1. The van der Waals surface area contributed by atoms with Gasteiger partial charge in [-0.25, -0.2) is 4.79 Å². The first-order valence-corrected chi connectivity index (χ1v) is 12.9. The second kappa shape index (κ2) is 9.80. The van der Waals surface area contributed by atoms with Gasteiger partial charge in [-0.2, -0.15) is 13.2 Å². The molecule has 1 saturated heterocycles. The van der Waals surface area contributed by atoms with Crippen LogP contribution in [0.2, 0.25) is 5.02 Å². The third-order valence-electron chi connectivity index (χ3n) is 7.13. The number of halogens is 4. The molecule has 3 aromatic rings. The van der Waals surface area contributed by atoms with Crippen molar-refractivity contribution in [2.75, 3.05) is 6.54 Å². The number of likely N-dealkylation sites (tertiary alicyclic amines) is 1. The highest BCUT2D eigenvalue weighted by Crippen LogP contribution is 2.43. The number of aromatic nitrogens is 3. The summed E-state index contributed by atoms with van der Waals surface area (Å²) >= 11 is 6.03. The smallest absolute Gasteiger partial charge is 0.416 e. The van der Waals surface area contributed by atoms with E-state index in [1.54, 1.807) is 18.7 Å². The zero-order valence-electron chi connectivity index (χ0n) is 21.3. The van der Waals surface area contributed by atoms with Crippen LogP contribution in [0.3, 0.4) is 0 Å². The lowest BCUT2D eigenvalue weighted by molar-refractivity contribution is -0.137. The number of urea groups is 1. The molecule has 0 spiro atoms. The maximum absolute atomic E-state index is 13.6. The molecule has 2 atom stereocenters. The molecule has 0 saturated carbocycles. The summed E-state index contributed by atoms with van der Waals surface area (Å²) in [5.41, 5.74) is 0.0270. The number of nitrogens with zero attached hydrogens (tertiary/aromatic N) is 4. The molecule has 2 aromatic carbocycles. The lowest BCUT2D eigenvalue weighted by Crippen LogP contribution is -2.46. The number of rotatable bonds is 4. The summed E-state index contributed by atoms with van der Waals surface area (Å²) in [6.45, 7) is 6.56. The van der Waals surface area contributed by atoms with Crippen LogP contribution in [0, 0.1) is 6.92 Å². The number of carbonyl (C=O) groups is 1. The van der Waals surface area contributed by atoms with Crippen molar-refractivity contribution in [3.63, 3.8) is 0 Å². The van der Waals surface area contributed by atoms with E-state index in [4.69, 9.17) is 16.3 Å². The zero-order chi connectivity index (χ0) is 27.2. The molecule has 0 unspecified atom stereocenters. The average molecular weight is 548 g/mol. The zero-order valence-corrected chi connectivity index (χ0v) is 22.1. The molecule has 1 fully saturated rings. The van der Waals surface area contributed by atoms with Crippen molar-refractivity contribution < 1.29 is 22.7 Å². The number of alkyl halides is 3. The fraction of sp³-hybridized carbons (Fsp3) is 0.444. The first kappa shape index (κ1) is 26.3. The van der Waals surface area contributed by atoms with Gasteiger partial charge in [-0.3, -0.25) is 0 Å². The van der Waals surface area contributed by atoms with Gasteiger partial charge in [0, 0.05) is 23.6 Å². The first-order valence-electron chi connectivity index (χ1n) is 12.5. The van der Waals surface area contributed by atoms with Gasteiger partial charge in [0.05, 0.1) is 24.2 Å². The Labute approximate surface area is 223 Å². The molecule has 2 aliphatic rings. The van der Waals surface area contributed by atoms with Crippen molar-refractivity contribution in [1.82, 2.24) is 25.0 Å². The van der Waals surface area contributed by atoms with Crippen LogP contribution in [0.1, 0.15) is 73.5 Å². The van der Waals surface area contributed by atoms with Crippen LogP contribution in [0.5, 0.6) is 5.75 Å². The number of aryl methyl sites for hydroxylation is 1. The molecular weight excluding hydrogens is 519 g/mol. The fourth-order valence-electron chi connectivity index (χ4n) is 5.28. The summed E-state index contributed by atoms with van der Waals surface area (Å²) < 4.78 is 47.8. The number of fused-ring (bicyclic) bond motifs is 1. The van der Waals surface area contributed by atoms with E-state index in [1.165, 1.54) is 6.07 Å². The van der Waals surface area contributed by atoms with Crippen molar-refractivity contribution in [2.24, 2.45) is 0 Å². The maximum Gasteiger partial charge on any atom is 0.416 e. The maximum atomic E-state index is 13.6. The number of hydrogen-bond acceptors (Lipinski definition) is 4. The molecule has 11 heteroatoms. The van der Waals surface area contributed by atoms with Crippen LogP contribution >= 0.6 is 11.6 Å². The number of ether oxygens (including phenoxy) is 1. The summed E-state index contributed by atoms with van der Waals surface area (Å²) in [7, 11) is 0. The fourth-order valence-corrected chi connectivity index (χ4v) is 5.40. The lowest BCUT2D eigenvalue weighted by atomic mass is 9.89. The van der Waals surface area contributed by atoms with Gasteiger partial charge in [-0.1, -0.05) is 29.8 Å². The van der Waals surface area contributed by atoms with Gasteiger partial charge in [-0.15, -0.1) is 10.2 Å². The van der Waals surface area contributed by atoms with Crippen LogP contribution in [0.4, 0.5) is 18.0 Å². The third kappa shape index (κ3) is 5.32. The van der Waals surface area contributed by atoms with Gasteiger partial charge in [-0.05, 0) is 63.4 Å². The van der Waals surface area contributed by atoms with Crippen molar-refractivity contribution >= 4 is 17.6 Å². The first-order chi connectivity index (χ1) is 17.9. The molecule has 1 aromatic heterocycles. The Morgan fingerprint density at radius 2 is 1.92 bits per heavy atom. The van der Waals surface area contributed by atoms with Gasteiger partial charge in [0.1, 0.15) is 17.2 Å². The Hall–Kier alpha value is -3.27. The number of carbonyl (C=O) groups excluding carboxylic acids is 1. The monoisotopic (exact) mass is 547 g/mol. The van der Waals surface area contributed by atoms with Crippen molar-refractivity contribution in [3.05, 3.63) is 75.8 Å². The Kier molecular flexibility index (Phi) is 6.79. The molecule has 5 rings (SSSR count). The van der Waals surface area contributed by atoms with E-state index in [1.807, 2.05) is 35.8 Å². The lowest BCUT2D eigenvalue weighted by Gasteiger charge is -2.39. The van der Waals surface area contributed by atoms with Gasteiger partial charge < -0.3 is 19.5 Å². The van der Waals surface area contributed by atoms with Gasteiger partial charge >= 0.3 is 12.2 Å². The van der Waals surface area contributed by atoms with Crippen molar-refractivity contribution in [3.8, 4) is 5.75 Å². The molecular formula is C27H29ClF3N5O2. The highest BCUT2D eigenvalue weighted by molar-refractivity contribution is 6.30. The van der Waals surface area contributed by atoms with Crippen LogP contribution < -0.4 is 10.1 Å². The highest BCUT2D eigenvalue weighted by atomic mass is 35.5. The van der Waals surface area contributed by atoms with Crippen molar-refractivity contribution in [2.45, 2.75) is 70.4 Å². The molecule has 7 nitrogen and oxygen atoms in total. The minimum Gasteiger partial charge on any atom is -0.487 e. The van der Waals surface area contributed by atoms with E-state index >= 15 is 0 Å². The summed E-state index contributed by atoms with van der Waals surface area (Å²) in [6.07, 6.45) is -2.53. The Balaban J connectivity index is 1.38. The van der Waals surface area contributed by atoms with Crippen LogP contribution in [-0.2, 0) is 12.7 Å². The van der Waals surface area contributed by atoms with Crippen molar-refractivity contribution in [1.29, 1.82) is 0 Å². The minimum absolute atomic E-state index is 0.137. The molecule has 202 valence electrons. The van der Waals surface area contributed by atoms with Gasteiger partial charge in [0.2, 0.25) is 0 Å². The molecule has 1 N–H and O–H groups in total. The van der Waals surface area contributed by atoms with E-state index in [0.29, 0.717) is 35.9 Å². The normalized spacial score (nSPS) is 20.7. The largest absolute Gasteiger partial charge is 0.487 e. The molecule has 3 heterocycles. The number of nitrogens with one attached hydrogen (secondary N) is 1. The molecule has 38 heavy (non-hydrogen) atoms. The molecule has 0 aliphatic carbocycles. The Morgan fingerprint density at radius 3 is 2.63 bits per heavy atom. The molecule has 0 bridgehead atoms. The second-order valence-corrected chi connectivity index (χ2v) is 10.9. The van der Waals surface area contributed by atoms with Crippen LogP contribution in [-0.4, -0.2) is 37.8 Å². The SMILES string of the molecule is Cc1nnc([C@H]2CCCN2C(=O)N[C@H]2CC(C)(C)Oc3cc(C(F)(F)F)ccc32)n1Cc1ccc(Cl)cc1. The van der Waals surface area contributed by atoms with E-state index < -0.39 is 23.4 Å². The van der Waals surface area contributed by atoms with Crippen LogP contribution in [0.25, 0.3) is 0 Å². The third-order valence-corrected chi connectivity index (χ3v) is 7.38. The number of amides is 2. The van der Waals surface area contributed by atoms with Gasteiger partial charge in [0.15, 0.2) is 5.82 Å². The number of hydrogen-bond donors (Lipinski definition) is 1. The predicted molar refractivity (Wildman–Crippen MR) is 136 cm³/mol. The summed E-state index contributed by atoms with van der Waals surface area (Å²) in [4.78, 5) is 15.3. The van der Waals surface area contributed by atoms with E-state index in [2.05, 4.69) is 15.5 Å². The highest BCUT2D eigenvalue weighted by Gasteiger charge is 2.40. The van der Waals surface area contributed by atoms with E-state index in [-0.39, 0.29) is 17.8 Å². The summed E-state index contributed by atoms with van der Waals surface area (Å²) in [5.74, 6) is 1.58. The predicted octanol–water partition coefficient (Wildman–Crippen LogP) is 6.46. The average Bonchev–Trinajstić information content (AvgIpc) is 3.46. The van der Waals surface area contributed by atoms with E-state index in [0.717, 1.165) is 36.4 Å². The quantitative estimate of drug-likeness (QED) is 0.407. The topological polar surface area (TPSA) is 72.3 Å². The summed E-state index contributed by atoms with van der Waals surface area (Å²) in [6, 6.07) is 9.91. The van der Waals surface area contributed by atoms with Crippen LogP contribution in [0.15, 0.2) is 42.5 Å². The molecule has 2 aliphatic heterocycles. The molecule has 0 radical (unpaired) electrons. The van der Waals surface area contributed by atoms with E-state index in [9.17, 15) is 18.0 Å². The van der Waals surface area contributed by atoms with Gasteiger partial charge in [0.25, 0.3) is 0 Å². The second-order valence-electron chi connectivity index (χ2n) is 10.5. The molecule has 2 amide bonds. The summed E-state index contributed by atoms with van der Waals surface area (Å²) in [5, 5.41) is 12.4. The Bertz CT molecular complexity index is 1340. The number of benzene rings is 2.